The van der Waals surface area contributed by atoms with Gasteiger partial charge in [0.1, 0.15) is 0 Å². The normalized spacial score (nSPS) is 22.6. The molecule has 2 atom stereocenters. The molecule has 2 aromatic heterocycles. The van der Waals surface area contributed by atoms with E-state index >= 15 is 0 Å². The molecule has 136 valence electrons. The van der Waals surface area contributed by atoms with Crippen molar-refractivity contribution in [2.45, 2.75) is 39.3 Å². The number of amides is 2. The zero-order valence-electron chi connectivity index (χ0n) is 15.0. The van der Waals surface area contributed by atoms with Crippen molar-refractivity contribution in [1.82, 2.24) is 19.8 Å². The van der Waals surface area contributed by atoms with Gasteiger partial charge in [-0.1, -0.05) is 0 Å². The van der Waals surface area contributed by atoms with E-state index in [1.165, 1.54) is 11.3 Å². The average Bonchev–Trinajstić information content (AvgIpc) is 3.00. The van der Waals surface area contributed by atoms with Gasteiger partial charge in [-0.05, 0) is 38.3 Å². The summed E-state index contributed by atoms with van der Waals surface area (Å²) in [7, 11) is 0. The average molecular weight is 370 g/mol. The van der Waals surface area contributed by atoms with E-state index in [4.69, 9.17) is 0 Å². The monoisotopic (exact) mass is 370 g/mol. The molecule has 0 radical (unpaired) electrons. The molecule has 6 nitrogen and oxygen atoms in total. The first-order valence-corrected chi connectivity index (χ1v) is 9.87. The van der Waals surface area contributed by atoms with Gasteiger partial charge in [0.2, 0.25) is 5.91 Å². The van der Waals surface area contributed by atoms with E-state index in [9.17, 15) is 9.59 Å². The number of pyridine rings is 1. The summed E-state index contributed by atoms with van der Waals surface area (Å²) in [6.45, 7) is 5.51. The number of aryl methyl sites for hydroxylation is 2. The van der Waals surface area contributed by atoms with Gasteiger partial charge in [0.05, 0.1) is 29.2 Å². The van der Waals surface area contributed by atoms with Crippen molar-refractivity contribution in [3.63, 3.8) is 0 Å². The summed E-state index contributed by atoms with van der Waals surface area (Å²) in [6, 6.07) is 1.96. The Kier molecular flexibility index (Phi) is 4.48. The van der Waals surface area contributed by atoms with Gasteiger partial charge in [0.25, 0.3) is 5.91 Å². The number of carbonyl (C=O) groups excluding carboxylic acids is 2. The summed E-state index contributed by atoms with van der Waals surface area (Å²) < 4.78 is 0. The summed E-state index contributed by atoms with van der Waals surface area (Å²) in [5, 5.41) is 1.98. The number of rotatable bonds is 3. The molecule has 3 aliphatic heterocycles. The van der Waals surface area contributed by atoms with Crippen LogP contribution in [0.3, 0.4) is 0 Å². The highest BCUT2D eigenvalue weighted by Gasteiger charge is 2.42. The third-order valence-corrected chi connectivity index (χ3v) is 6.12. The SMILES string of the molecule is Cc1cc(C(=O)N2C[C@H]3CC[C@@H](C2)N(Cc2cscn2)C3=O)cnc1C. The molecule has 26 heavy (non-hydrogen) atoms. The lowest BCUT2D eigenvalue weighted by Gasteiger charge is -2.35. The highest BCUT2D eigenvalue weighted by Crippen LogP contribution is 2.31. The third kappa shape index (κ3) is 3.11. The Morgan fingerprint density at radius 1 is 1.27 bits per heavy atom. The minimum atomic E-state index is -0.115. The van der Waals surface area contributed by atoms with E-state index in [0.717, 1.165) is 29.8 Å². The smallest absolute Gasteiger partial charge is 0.255 e. The van der Waals surface area contributed by atoms with Crippen LogP contribution in [0.15, 0.2) is 23.2 Å². The number of piperidine rings is 1. The molecule has 0 aliphatic carbocycles. The number of fused-ring (bicyclic) bond motifs is 4. The lowest BCUT2D eigenvalue weighted by molar-refractivity contribution is -0.140. The molecule has 3 aliphatic rings. The molecule has 2 bridgehead atoms. The molecule has 3 fully saturated rings. The number of hydrogen-bond donors (Lipinski definition) is 0. The molecule has 0 spiro atoms. The van der Waals surface area contributed by atoms with Crippen molar-refractivity contribution >= 4 is 23.2 Å². The standard InChI is InChI=1S/C19H22N4O2S/c1-12-5-15(6-20-13(12)2)18(24)22-7-14-3-4-17(9-22)23(19(14)25)8-16-10-26-11-21-16/h5-6,10-11,14,17H,3-4,7-9H2,1-2H3/t14-,17+/m1/s1. The number of thiazole rings is 1. The Morgan fingerprint density at radius 3 is 2.85 bits per heavy atom. The van der Waals surface area contributed by atoms with Crippen molar-refractivity contribution in [3.8, 4) is 0 Å². The van der Waals surface area contributed by atoms with E-state index < -0.39 is 0 Å². The van der Waals surface area contributed by atoms with Crippen LogP contribution < -0.4 is 0 Å². The van der Waals surface area contributed by atoms with Crippen molar-refractivity contribution < 1.29 is 9.59 Å². The zero-order chi connectivity index (χ0) is 18.3. The molecule has 2 amide bonds. The van der Waals surface area contributed by atoms with Gasteiger partial charge in [0.15, 0.2) is 0 Å². The van der Waals surface area contributed by atoms with Crippen LogP contribution in [-0.2, 0) is 11.3 Å². The predicted octanol–water partition coefficient (Wildman–Crippen LogP) is 2.42. The molecular weight excluding hydrogens is 348 g/mol. The lowest BCUT2D eigenvalue weighted by Crippen LogP contribution is -2.47. The van der Waals surface area contributed by atoms with Crippen molar-refractivity contribution in [1.29, 1.82) is 0 Å². The molecule has 7 heteroatoms. The minimum Gasteiger partial charge on any atom is -0.336 e. The summed E-state index contributed by atoms with van der Waals surface area (Å²) in [5.74, 6) is 0.0133. The maximum Gasteiger partial charge on any atom is 0.255 e. The predicted molar refractivity (Wildman–Crippen MR) is 98.8 cm³/mol. The van der Waals surface area contributed by atoms with E-state index in [1.807, 2.05) is 35.1 Å². The Balaban J connectivity index is 1.56. The Hall–Kier alpha value is -2.28. The molecular formula is C19H22N4O2S. The van der Waals surface area contributed by atoms with E-state index in [2.05, 4.69) is 9.97 Å². The third-order valence-electron chi connectivity index (χ3n) is 5.48. The number of hydrogen-bond acceptors (Lipinski definition) is 5. The summed E-state index contributed by atoms with van der Waals surface area (Å²) >= 11 is 1.54. The van der Waals surface area contributed by atoms with Gasteiger partial charge in [-0.15, -0.1) is 11.3 Å². The summed E-state index contributed by atoms with van der Waals surface area (Å²) in [6.07, 6.45) is 3.44. The van der Waals surface area contributed by atoms with E-state index in [1.54, 1.807) is 11.7 Å². The van der Waals surface area contributed by atoms with Gasteiger partial charge in [0, 0.05) is 36.4 Å². The van der Waals surface area contributed by atoms with Crippen LogP contribution in [0, 0.1) is 19.8 Å². The van der Waals surface area contributed by atoms with Gasteiger partial charge in [-0.2, -0.15) is 0 Å². The Bertz CT molecular complexity index is 836. The first-order chi connectivity index (χ1) is 12.5. The molecule has 5 rings (SSSR count). The number of aromatic nitrogens is 2. The molecule has 2 aromatic rings. The lowest BCUT2D eigenvalue weighted by atomic mass is 9.94. The first kappa shape index (κ1) is 17.1. The summed E-state index contributed by atoms with van der Waals surface area (Å²) in [5.41, 5.74) is 5.26. The Morgan fingerprint density at radius 2 is 2.12 bits per heavy atom. The van der Waals surface area contributed by atoms with Crippen LogP contribution in [0.4, 0.5) is 0 Å². The maximum atomic E-state index is 13.0. The van der Waals surface area contributed by atoms with Crippen molar-refractivity contribution in [2.75, 3.05) is 13.1 Å². The van der Waals surface area contributed by atoms with Crippen molar-refractivity contribution in [2.24, 2.45) is 5.92 Å². The van der Waals surface area contributed by atoms with Gasteiger partial charge in [-0.25, -0.2) is 4.98 Å². The first-order valence-electron chi connectivity index (χ1n) is 8.93. The van der Waals surface area contributed by atoms with E-state index in [-0.39, 0.29) is 23.8 Å². The topological polar surface area (TPSA) is 66.4 Å². The number of nitrogens with zero attached hydrogens (tertiary/aromatic N) is 4. The fourth-order valence-corrected chi connectivity index (χ4v) is 4.40. The number of carbonyl (C=O) groups is 2. The van der Waals surface area contributed by atoms with Crippen LogP contribution in [-0.4, -0.2) is 50.7 Å². The van der Waals surface area contributed by atoms with Crippen LogP contribution >= 0.6 is 11.3 Å². The van der Waals surface area contributed by atoms with Crippen LogP contribution in [0.2, 0.25) is 0 Å². The van der Waals surface area contributed by atoms with Gasteiger partial charge >= 0.3 is 0 Å². The minimum absolute atomic E-state index is 0.0270. The second-order valence-corrected chi connectivity index (χ2v) is 7.93. The highest BCUT2D eigenvalue weighted by molar-refractivity contribution is 7.07. The van der Waals surface area contributed by atoms with E-state index in [0.29, 0.717) is 25.2 Å². The molecule has 5 heterocycles. The van der Waals surface area contributed by atoms with Gasteiger partial charge < -0.3 is 9.80 Å². The van der Waals surface area contributed by atoms with Crippen molar-refractivity contribution in [3.05, 3.63) is 45.7 Å². The Labute approximate surface area is 156 Å². The maximum absolute atomic E-state index is 13.0. The van der Waals surface area contributed by atoms with Crippen LogP contribution in [0.5, 0.6) is 0 Å². The fraction of sp³-hybridized carbons (Fsp3) is 0.474. The molecule has 0 unspecified atom stereocenters. The second kappa shape index (κ2) is 6.79. The molecule has 0 saturated carbocycles. The fourth-order valence-electron chi connectivity index (χ4n) is 3.85. The highest BCUT2D eigenvalue weighted by atomic mass is 32.1. The zero-order valence-corrected chi connectivity index (χ0v) is 15.8. The van der Waals surface area contributed by atoms with Gasteiger partial charge in [-0.3, -0.25) is 14.6 Å². The molecule has 0 aromatic carbocycles. The largest absolute Gasteiger partial charge is 0.336 e. The van der Waals surface area contributed by atoms with Crippen LogP contribution in [0.25, 0.3) is 0 Å². The molecule has 0 N–H and O–H groups in total. The summed E-state index contributed by atoms with van der Waals surface area (Å²) in [4.78, 5) is 38.3. The quantitative estimate of drug-likeness (QED) is 0.832. The van der Waals surface area contributed by atoms with Crippen LogP contribution in [0.1, 0.15) is 40.2 Å². The second-order valence-electron chi connectivity index (χ2n) is 7.21. The molecule has 3 saturated heterocycles.